The third kappa shape index (κ3) is 5.36. The standard InChI is InChI=1S/C23H33NO3S/c1-8-27-21(26)19(24-13-15-9-10-28-14-15)16-11-17(22(2,3)4)20(25)18(12-16)23(5,6)7/h9-12,14,19,24-25H,8,13H2,1-7H3. The van der Waals surface area contributed by atoms with Crippen molar-refractivity contribution in [3.63, 3.8) is 0 Å². The molecule has 0 aliphatic rings. The first-order valence-electron chi connectivity index (χ1n) is 9.74. The van der Waals surface area contributed by atoms with Crippen molar-refractivity contribution in [2.45, 2.75) is 71.9 Å². The van der Waals surface area contributed by atoms with Gasteiger partial charge in [-0.1, -0.05) is 41.5 Å². The zero-order valence-electron chi connectivity index (χ0n) is 18.1. The third-order valence-corrected chi connectivity index (χ3v) is 5.43. The van der Waals surface area contributed by atoms with Gasteiger partial charge >= 0.3 is 5.97 Å². The molecule has 0 amide bonds. The van der Waals surface area contributed by atoms with Crippen molar-refractivity contribution in [2.75, 3.05) is 6.61 Å². The van der Waals surface area contributed by atoms with Crippen LogP contribution in [0.3, 0.4) is 0 Å². The van der Waals surface area contributed by atoms with Crippen LogP contribution in [0, 0.1) is 0 Å². The van der Waals surface area contributed by atoms with Gasteiger partial charge in [-0.25, -0.2) is 4.79 Å². The highest BCUT2D eigenvalue weighted by Crippen LogP contribution is 2.41. The molecule has 1 atom stereocenters. The predicted octanol–water partition coefficient (Wildman–Crippen LogP) is 5.44. The van der Waals surface area contributed by atoms with Gasteiger partial charge in [-0.15, -0.1) is 0 Å². The maximum Gasteiger partial charge on any atom is 0.327 e. The van der Waals surface area contributed by atoms with E-state index in [1.54, 1.807) is 11.3 Å². The molecule has 2 rings (SSSR count). The van der Waals surface area contributed by atoms with E-state index in [1.165, 1.54) is 0 Å². The van der Waals surface area contributed by atoms with E-state index in [1.807, 2.05) is 30.5 Å². The monoisotopic (exact) mass is 403 g/mol. The van der Waals surface area contributed by atoms with Crippen molar-refractivity contribution in [2.24, 2.45) is 0 Å². The fraction of sp³-hybridized carbons (Fsp3) is 0.522. The number of thiophene rings is 1. The molecule has 0 saturated heterocycles. The molecule has 0 spiro atoms. The Kier molecular flexibility index (Phi) is 6.94. The van der Waals surface area contributed by atoms with Crippen molar-refractivity contribution in [3.05, 3.63) is 51.2 Å². The van der Waals surface area contributed by atoms with Crippen LogP contribution in [0.2, 0.25) is 0 Å². The Morgan fingerprint density at radius 2 is 1.71 bits per heavy atom. The minimum absolute atomic E-state index is 0.257. The number of carbonyl (C=O) groups excluding carboxylic acids is 1. The second kappa shape index (κ2) is 8.66. The second-order valence-electron chi connectivity index (χ2n) is 9.16. The molecule has 4 nitrogen and oxygen atoms in total. The average molecular weight is 404 g/mol. The summed E-state index contributed by atoms with van der Waals surface area (Å²) in [5.41, 5.74) is 3.11. The minimum Gasteiger partial charge on any atom is -0.507 e. The molecule has 0 saturated carbocycles. The second-order valence-corrected chi connectivity index (χ2v) is 9.94. The molecule has 0 aliphatic heterocycles. The summed E-state index contributed by atoms with van der Waals surface area (Å²) in [4.78, 5) is 12.8. The minimum atomic E-state index is -0.595. The van der Waals surface area contributed by atoms with Gasteiger partial charge in [0.05, 0.1) is 6.61 Å². The maximum absolute atomic E-state index is 12.8. The molecule has 1 aromatic carbocycles. The van der Waals surface area contributed by atoms with Gasteiger partial charge in [0.15, 0.2) is 0 Å². The maximum atomic E-state index is 12.8. The fourth-order valence-corrected chi connectivity index (χ4v) is 3.81. The van der Waals surface area contributed by atoms with Gasteiger partial charge in [0.25, 0.3) is 0 Å². The highest BCUT2D eigenvalue weighted by Gasteiger charge is 2.30. The molecular formula is C23H33NO3S. The van der Waals surface area contributed by atoms with E-state index >= 15 is 0 Å². The number of carbonyl (C=O) groups is 1. The van der Waals surface area contributed by atoms with Gasteiger partial charge in [-0.05, 0) is 69.0 Å². The van der Waals surface area contributed by atoms with Gasteiger partial charge in [0.1, 0.15) is 11.8 Å². The molecule has 1 aromatic heterocycles. The predicted molar refractivity (Wildman–Crippen MR) is 116 cm³/mol. The smallest absolute Gasteiger partial charge is 0.327 e. The summed E-state index contributed by atoms with van der Waals surface area (Å²) in [6.45, 7) is 15.1. The first kappa shape index (κ1) is 22.4. The summed E-state index contributed by atoms with van der Waals surface area (Å²) in [5.74, 6) is 0.00679. The van der Waals surface area contributed by atoms with Crippen molar-refractivity contribution >= 4 is 17.3 Å². The number of ether oxygens (including phenoxy) is 1. The molecule has 0 aliphatic carbocycles. The SMILES string of the molecule is CCOC(=O)C(NCc1ccsc1)c1cc(C(C)(C)C)c(O)c(C(C)(C)C)c1. The summed E-state index contributed by atoms with van der Waals surface area (Å²) in [7, 11) is 0. The Balaban J connectivity index is 2.55. The van der Waals surface area contributed by atoms with Crippen LogP contribution in [0.4, 0.5) is 0 Å². The van der Waals surface area contributed by atoms with Gasteiger partial charge in [0.2, 0.25) is 0 Å². The first-order valence-corrected chi connectivity index (χ1v) is 10.7. The number of hydrogen-bond acceptors (Lipinski definition) is 5. The number of aromatic hydroxyl groups is 1. The summed E-state index contributed by atoms with van der Waals surface area (Å²) in [6, 6.07) is 5.32. The lowest BCUT2D eigenvalue weighted by Crippen LogP contribution is -2.31. The van der Waals surface area contributed by atoms with E-state index in [-0.39, 0.29) is 16.8 Å². The lowest BCUT2D eigenvalue weighted by Gasteiger charge is -2.29. The van der Waals surface area contributed by atoms with Crippen molar-refractivity contribution < 1.29 is 14.6 Å². The van der Waals surface area contributed by atoms with Crippen LogP contribution in [0.25, 0.3) is 0 Å². The molecule has 154 valence electrons. The molecule has 1 unspecified atom stereocenters. The van der Waals surface area contributed by atoms with E-state index in [9.17, 15) is 9.90 Å². The topological polar surface area (TPSA) is 58.6 Å². The quantitative estimate of drug-likeness (QED) is 0.630. The van der Waals surface area contributed by atoms with Crippen molar-refractivity contribution in [3.8, 4) is 5.75 Å². The summed E-state index contributed by atoms with van der Waals surface area (Å²) >= 11 is 1.63. The van der Waals surface area contributed by atoms with E-state index in [0.717, 1.165) is 22.3 Å². The third-order valence-electron chi connectivity index (χ3n) is 4.69. The fourth-order valence-electron chi connectivity index (χ4n) is 3.14. The average Bonchev–Trinajstić information content (AvgIpc) is 3.07. The molecule has 0 bridgehead atoms. The number of phenols is 1. The molecular weight excluding hydrogens is 370 g/mol. The number of phenolic OH excluding ortho intramolecular Hbond substituents is 1. The number of rotatable bonds is 6. The lowest BCUT2D eigenvalue weighted by atomic mass is 9.77. The lowest BCUT2D eigenvalue weighted by molar-refractivity contribution is -0.145. The van der Waals surface area contributed by atoms with Gasteiger partial charge in [0, 0.05) is 6.54 Å². The van der Waals surface area contributed by atoms with E-state index < -0.39 is 6.04 Å². The Morgan fingerprint density at radius 3 is 2.14 bits per heavy atom. The molecule has 0 radical (unpaired) electrons. The zero-order chi connectivity index (χ0) is 21.1. The number of benzene rings is 1. The van der Waals surface area contributed by atoms with Crippen LogP contribution < -0.4 is 5.32 Å². The summed E-state index contributed by atoms with van der Waals surface area (Å²) in [5, 5.41) is 18.4. The highest BCUT2D eigenvalue weighted by molar-refractivity contribution is 7.07. The number of esters is 1. The van der Waals surface area contributed by atoms with E-state index in [0.29, 0.717) is 18.9 Å². The number of nitrogens with one attached hydrogen (secondary N) is 1. The van der Waals surface area contributed by atoms with Crippen molar-refractivity contribution in [1.29, 1.82) is 0 Å². The first-order chi connectivity index (χ1) is 12.9. The molecule has 1 heterocycles. The van der Waals surface area contributed by atoms with Crippen molar-refractivity contribution in [1.82, 2.24) is 5.32 Å². The summed E-state index contributed by atoms with van der Waals surface area (Å²) < 4.78 is 5.35. The molecule has 28 heavy (non-hydrogen) atoms. The molecule has 0 fully saturated rings. The van der Waals surface area contributed by atoms with Crippen LogP contribution in [0.15, 0.2) is 29.0 Å². The van der Waals surface area contributed by atoms with Crippen LogP contribution in [0.1, 0.15) is 76.8 Å². The zero-order valence-corrected chi connectivity index (χ0v) is 18.9. The Hall–Kier alpha value is -1.85. The van der Waals surface area contributed by atoms with Gasteiger partial charge in [-0.2, -0.15) is 11.3 Å². The summed E-state index contributed by atoms with van der Waals surface area (Å²) in [6.07, 6.45) is 0. The number of hydrogen-bond donors (Lipinski definition) is 2. The van der Waals surface area contributed by atoms with Crippen LogP contribution in [-0.4, -0.2) is 17.7 Å². The highest BCUT2D eigenvalue weighted by atomic mass is 32.1. The Morgan fingerprint density at radius 1 is 1.14 bits per heavy atom. The normalized spacial score (nSPS) is 13.4. The van der Waals surface area contributed by atoms with Crippen LogP contribution in [0.5, 0.6) is 5.75 Å². The van der Waals surface area contributed by atoms with Crippen LogP contribution >= 0.6 is 11.3 Å². The van der Waals surface area contributed by atoms with E-state index in [2.05, 4.69) is 52.2 Å². The molecule has 2 aromatic rings. The van der Waals surface area contributed by atoms with E-state index in [4.69, 9.17) is 4.74 Å². The van der Waals surface area contributed by atoms with Crippen LogP contribution in [-0.2, 0) is 26.9 Å². The molecule has 5 heteroatoms. The molecule has 2 N–H and O–H groups in total. The Bertz CT molecular complexity index is 763. The Labute approximate surface area is 172 Å². The van der Waals surface area contributed by atoms with Gasteiger partial charge < -0.3 is 9.84 Å². The largest absolute Gasteiger partial charge is 0.507 e. The van der Waals surface area contributed by atoms with Gasteiger partial charge in [-0.3, -0.25) is 5.32 Å².